The molecule has 0 saturated heterocycles. The molecule has 0 bridgehead atoms. The molecule has 0 aliphatic heterocycles. The highest BCUT2D eigenvalue weighted by atomic mass is 35.5. The standard InChI is InChI=1S/C30H21ClF6N8O3S/c1-4-44-11-16(12(2)42-44)15-9-18(29(32,33)34)40-28-20(15)22(24(49-28)25(38)46)41-27(47)23-21(31)26-39-17(13-6-5-7-14(8-13)48-3)10-19(30(35,36)37)45(26)43-23/h5-11H,4H2,1-3H3,(H2,38,46)(H,41,47). The fourth-order valence-electron chi connectivity index (χ4n) is 5.13. The summed E-state index contributed by atoms with van der Waals surface area (Å²) in [5.41, 5.74) is 1.94. The highest BCUT2D eigenvalue weighted by Gasteiger charge is 2.38. The van der Waals surface area contributed by atoms with Crippen molar-refractivity contribution in [2.75, 3.05) is 12.4 Å². The molecular formula is C30H21ClF6N8O3S. The topological polar surface area (TPSA) is 142 Å². The van der Waals surface area contributed by atoms with Crippen molar-refractivity contribution in [1.82, 2.24) is 29.4 Å². The van der Waals surface area contributed by atoms with E-state index in [0.29, 0.717) is 33.8 Å². The number of halogens is 7. The van der Waals surface area contributed by atoms with E-state index in [1.165, 1.54) is 30.1 Å². The Hall–Kier alpha value is -5.23. The summed E-state index contributed by atoms with van der Waals surface area (Å²) < 4.78 is 91.8. The maximum Gasteiger partial charge on any atom is 0.433 e. The predicted molar refractivity (Wildman–Crippen MR) is 168 cm³/mol. The number of aryl methyl sites for hydroxylation is 2. The largest absolute Gasteiger partial charge is 0.497 e. The smallest absolute Gasteiger partial charge is 0.433 e. The molecule has 0 aliphatic rings. The number of alkyl halides is 6. The summed E-state index contributed by atoms with van der Waals surface area (Å²) in [6.07, 6.45) is -8.40. The third kappa shape index (κ3) is 6.01. The second-order valence-electron chi connectivity index (χ2n) is 10.5. The second-order valence-corrected chi connectivity index (χ2v) is 11.9. The summed E-state index contributed by atoms with van der Waals surface area (Å²) in [5, 5.41) is 9.83. The molecule has 5 aromatic heterocycles. The van der Waals surface area contributed by atoms with Gasteiger partial charge in [0.05, 0.1) is 24.2 Å². The summed E-state index contributed by atoms with van der Waals surface area (Å²) in [5.74, 6) is -1.99. The lowest BCUT2D eigenvalue weighted by Gasteiger charge is -2.12. The van der Waals surface area contributed by atoms with Gasteiger partial charge in [0.15, 0.2) is 17.0 Å². The number of ether oxygens (including phenoxy) is 1. The van der Waals surface area contributed by atoms with E-state index in [1.807, 2.05) is 0 Å². The van der Waals surface area contributed by atoms with E-state index in [0.717, 1.165) is 12.1 Å². The number of benzene rings is 1. The van der Waals surface area contributed by atoms with E-state index in [-0.39, 0.29) is 43.2 Å². The molecule has 19 heteroatoms. The molecule has 6 aromatic rings. The number of aromatic nitrogens is 6. The molecule has 254 valence electrons. The van der Waals surface area contributed by atoms with Crippen molar-refractivity contribution in [3.05, 3.63) is 75.3 Å². The van der Waals surface area contributed by atoms with Gasteiger partial charge >= 0.3 is 12.4 Å². The van der Waals surface area contributed by atoms with Gasteiger partial charge in [-0.3, -0.25) is 14.3 Å². The Balaban J connectivity index is 1.55. The second kappa shape index (κ2) is 12.0. The van der Waals surface area contributed by atoms with Gasteiger partial charge in [0.2, 0.25) is 0 Å². The SMILES string of the molecule is CCn1cc(-c2cc(C(F)(F)F)nc3sc(C(N)=O)c(NC(=O)c4nn5c(C(F)(F)F)cc(-c6cccc(OC)c6)nc5c4Cl)c23)c(C)n1. The first-order valence-electron chi connectivity index (χ1n) is 14.0. The van der Waals surface area contributed by atoms with Gasteiger partial charge in [0.25, 0.3) is 11.8 Å². The first-order valence-corrected chi connectivity index (χ1v) is 15.2. The molecule has 0 spiro atoms. The van der Waals surface area contributed by atoms with Gasteiger partial charge in [-0.15, -0.1) is 11.3 Å². The average Bonchev–Trinajstić information content (AvgIpc) is 3.72. The van der Waals surface area contributed by atoms with Gasteiger partial charge in [0.1, 0.15) is 26.2 Å². The number of methoxy groups -OCH3 is 1. The summed E-state index contributed by atoms with van der Waals surface area (Å²) >= 11 is 6.94. The number of anilines is 1. The molecule has 49 heavy (non-hydrogen) atoms. The van der Waals surface area contributed by atoms with Crippen molar-refractivity contribution in [3.8, 4) is 28.1 Å². The molecule has 1 aromatic carbocycles. The van der Waals surface area contributed by atoms with E-state index in [9.17, 15) is 35.9 Å². The van der Waals surface area contributed by atoms with E-state index in [1.54, 1.807) is 26.0 Å². The fourth-order valence-corrected chi connectivity index (χ4v) is 6.39. The molecule has 0 atom stereocenters. The van der Waals surface area contributed by atoms with Gasteiger partial charge in [-0.05, 0) is 43.7 Å². The van der Waals surface area contributed by atoms with E-state index in [2.05, 4.69) is 25.5 Å². The predicted octanol–water partition coefficient (Wildman–Crippen LogP) is 7.25. The Kier molecular flexibility index (Phi) is 8.26. The van der Waals surface area contributed by atoms with Crippen LogP contribution in [0.25, 0.3) is 38.2 Å². The maximum absolute atomic E-state index is 14.3. The van der Waals surface area contributed by atoms with Crippen LogP contribution in [-0.4, -0.2) is 48.3 Å². The van der Waals surface area contributed by atoms with Crippen LogP contribution in [-0.2, 0) is 18.9 Å². The first-order chi connectivity index (χ1) is 23.0. The van der Waals surface area contributed by atoms with Crippen LogP contribution in [0.1, 0.15) is 44.2 Å². The van der Waals surface area contributed by atoms with Crippen LogP contribution < -0.4 is 15.8 Å². The van der Waals surface area contributed by atoms with Crippen molar-refractivity contribution >= 4 is 56.3 Å². The molecule has 3 N–H and O–H groups in total. The quantitative estimate of drug-likeness (QED) is 0.165. The fraction of sp³-hybridized carbons (Fsp3) is 0.200. The minimum atomic E-state index is -4.99. The van der Waals surface area contributed by atoms with Crippen LogP contribution in [0, 0.1) is 6.92 Å². The van der Waals surface area contributed by atoms with Gasteiger partial charge in [-0.2, -0.15) is 36.5 Å². The number of carbonyl (C=O) groups is 2. The minimum Gasteiger partial charge on any atom is -0.497 e. The Morgan fingerprint density at radius 3 is 2.39 bits per heavy atom. The number of carbonyl (C=O) groups excluding carboxylic acids is 2. The minimum absolute atomic E-state index is 0.0846. The Morgan fingerprint density at radius 2 is 1.78 bits per heavy atom. The molecule has 5 heterocycles. The molecule has 0 unspecified atom stereocenters. The number of amides is 2. The summed E-state index contributed by atoms with van der Waals surface area (Å²) in [7, 11) is 1.38. The molecule has 6 rings (SSSR count). The molecule has 0 saturated carbocycles. The number of nitrogens with two attached hydrogens (primary N) is 1. The van der Waals surface area contributed by atoms with Gasteiger partial charge in [-0.1, -0.05) is 23.7 Å². The van der Waals surface area contributed by atoms with Gasteiger partial charge < -0.3 is 15.8 Å². The van der Waals surface area contributed by atoms with Crippen LogP contribution in [0.5, 0.6) is 5.75 Å². The normalized spacial score (nSPS) is 12.2. The molecule has 2 amide bonds. The van der Waals surface area contributed by atoms with Crippen LogP contribution >= 0.6 is 22.9 Å². The average molecular weight is 723 g/mol. The van der Waals surface area contributed by atoms with E-state index >= 15 is 0 Å². The summed E-state index contributed by atoms with van der Waals surface area (Å²) in [4.78, 5) is 33.6. The number of nitrogens with zero attached hydrogens (tertiary/aromatic N) is 6. The third-order valence-electron chi connectivity index (χ3n) is 7.38. The van der Waals surface area contributed by atoms with Crippen molar-refractivity contribution in [1.29, 1.82) is 0 Å². The number of thiophene rings is 1. The van der Waals surface area contributed by atoms with Crippen LogP contribution in [0.3, 0.4) is 0 Å². The first kappa shape index (κ1) is 33.7. The summed E-state index contributed by atoms with van der Waals surface area (Å²) in [6, 6.07) is 7.54. The lowest BCUT2D eigenvalue weighted by atomic mass is 10.0. The zero-order valence-corrected chi connectivity index (χ0v) is 26.9. The Bertz CT molecular complexity index is 2310. The van der Waals surface area contributed by atoms with Crippen molar-refractivity contribution in [2.45, 2.75) is 32.7 Å². The third-order valence-corrected chi connectivity index (χ3v) is 8.83. The molecule has 0 radical (unpaired) electrons. The molecule has 11 nitrogen and oxygen atoms in total. The van der Waals surface area contributed by atoms with Crippen molar-refractivity contribution in [2.24, 2.45) is 5.73 Å². The van der Waals surface area contributed by atoms with Gasteiger partial charge in [-0.25, -0.2) is 14.5 Å². The Labute approximate surface area is 280 Å². The number of primary amides is 1. The molecular weight excluding hydrogens is 702 g/mol. The van der Waals surface area contributed by atoms with Crippen molar-refractivity contribution < 1.29 is 40.7 Å². The number of nitrogens with one attached hydrogen (secondary N) is 1. The van der Waals surface area contributed by atoms with Gasteiger partial charge in [0, 0.05) is 29.3 Å². The van der Waals surface area contributed by atoms with E-state index < -0.39 is 51.9 Å². The molecule has 0 fully saturated rings. The number of fused-ring (bicyclic) bond motifs is 2. The maximum atomic E-state index is 14.3. The monoisotopic (exact) mass is 722 g/mol. The molecule has 0 aliphatic carbocycles. The number of hydrogen-bond donors (Lipinski definition) is 2. The van der Waals surface area contributed by atoms with Crippen molar-refractivity contribution in [3.63, 3.8) is 0 Å². The lowest BCUT2D eigenvalue weighted by molar-refractivity contribution is -0.143. The number of rotatable bonds is 7. The number of pyridine rings is 1. The van der Waals surface area contributed by atoms with Crippen LogP contribution in [0.15, 0.2) is 42.6 Å². The highest BCUT2D eigenvalue weighted by Crippen LogP contribution is 2.45. The zero-order chi connectivity index (χ0) is 35.6. The zero-order valence-electron chi connectivity index (χ0n) is 25.3. The van der Waals surface area contributed by atoms with Crippen LogP contribution in [0.4, 0.5) is 32.0 Å². The van der Waals surface area contributed by atoms with Crippen LogP contribution in [0.2, 0.25) is 5.02 Å². The highest BCUT2D eigenvalue weighted by molar-refractivity contribution is 7.21. The lowest BCUT2D eigenvalue weighted by Crippen LogP contribution is -2.18. The Morgan fingerprint density at radius 1 is 1.04 bits per heavy atom. The van der Waals surface area contributed by atoms with E-state index in [4.69, 9.17) is 22.1 Å². The number of hydrogen-bond acceptors (Lipinski definition) is 8. The summed E-state index contributed by atoms with van der Waals surface area (Å²) in [6.45, 7) is 3.70.